The number of aliphatic hydroxyl groups excluding tert-OH is 2. The van der Waals surface area contributed by atoms with Crippen molar-refractivity contribution in [2.45, 2.75) is 168 Å². The highest BCUT2D eigenvalue weighted by molar-refractivity contribution is 5.18. The molecular weight excluding hydrogens is 536 g/mol. The van der Waals surface area contributed by atoms with Crippen molar-refractivity contribution < 1.29 is 10.2 Å². The fourth-order valence-electron chi connectivity index (χ4n) is 5.34. The Morgan fingerprint density at radius 2 is 0.955 bits per heavy atom. The lowest BCUT2D eigenvalue weighted by molar-refractivity contribution is 0.208. The average molecular weight is 605 g/mol. The molecule has 0 amide bonds. The van der Waals surface area contributed by atoms with Gasteiger partial charge in [0.15, 0.2) is 0 Å². The van der Waals surface area contributed by atoms with Gasteiger partial charge >= 0.3 is 0 Å². The van der Waals surface area contributed by atoms with E-state index >= 15 is 0 Å². The van der Waals surface area contributed by atoms with Crippen LogP contribution in [0.1, 0.15) is 156 Å². The van der Waals surface area contributed by atoms with Gasteiger partial charge in [-0.25, -0.2) is 0 Å². The smallest absolute Gasteiger partial charge is 0.0730 e. The maximum Gasteiger partial charge on any atom is 0.0730 e. The van der Waals surface area contributed by atoms with Crippen molar-refractivity contribution in [3.63, 3.8) is 0 Å². The van der Waals surface area contributed by atoms with Gasteiger partial charge in [-0.15, -0.1) is 0 Å². The SMILES string of the molecule is CCCC/C=C\C[C@H]1C[C@@H]1CC#C/C=C/[C@@H](O)CCCCC.CCCC/C=C\C[C@H]1C[C@@H]1CC#C/C=C/[C@H](O)CCCCC. The first-order valence-corrected chi connectivity index (χ1v) is 18.5. The zero-order valence-corrected chi connectivity index (χ0v) is 29.1. The van der Waals surface area contributed by atoms with Crippen molar-refractivity contribution in [1.82, 2.24) is 0 Å². The molecule has 2 saturated carbocycles. The largest absolute Gasteiger partial charge is 0.389 e. The maximum atomic E-state index is 9.74. The Hall–Kier alpha value is -2.00. The summed E-state index contributed by atoms with van der Waals surface area (Å²) in [4.78, 5) is 0. The number of hydrogen-bond donors (Lipinski definition) is 2. The summed E-state index contributed by atoms with van der Waals surface area (Å²) in [5.74, 6) is 16.0. The Kier molecular flexibility index (Phi) is 25.9. The van der Waals surface area contributed by atoms with Crippen LogP contribution < -0.4 is 0 Å². The third-order valence-corrected chi connectivity index (χ3v) is 8.74. The number of unbranched alkanes of at least 4 members (excludes halogenated alkanes) is 8. The van der Waals surface area contributed by atoms with Crippen LogP contribution in [0.4, 0.5) is 0 Å². The molecule has 2 aliphatic carbocycles. The van der Waals surface area contributed by atoms with Gasteiger partial charge in [0.05, 0.1) is 12.2 Å². The lowest BCUT2D eigenvalue weighted by Crippen LogP contribution is -2.00. The number of hydrogen-bond acceptors (Lipinski definition) is 2. The zero-order chi connectivity index (χ0) is 32.1. The van der Waals surface area contributed by atoms with E-state index in [2.05, 4.69) is 75.7 Å². The highest BCUT2D eigenvalue weighted by Crippen LogP contribution is 2.44. The molecule has 0 spiro atoms. The van der Waals surface area contributed by atoms with Gasteiger partial charge in [0.2, 0.25) is 0 Å². The molecule has 2 fully saturated rings. The number of rotatable bonds is 22. The Morgan fingerprint density at radius 3 is 1.34 bits per heavy atom. The number of aliphatic hydroxyl groups is 2. The summed E-state index contributed by atoms with van der Waals surface area (Å²) >= 11 is 0. The summed E-state index contributed by atoms with van der Waals surface area (Å²) in [7, 11) is 0. The predicted octanol–water partition coefficient (Wildman–Crippen LogP) is 11.3. The van der Waals surface area contributed by atoms with Gasteiger partial charge in [0.1, 0.15) is 0 Å². The summed E-state index contributed by atoms with van der Waals surface area (Å²) in [5, 5.41) is 19.5. The number of allylic oxidation sites excluding steroid dienone is 6. The van der Waals surface area contributed by atoms with Crippen molar-refractivity contribution >= 4 is 0 Å². The molecule has 0 radical (unpaired) electrons. The van der Waals surface area contributed by atoms with Crippen LogP contribution in [0.5, 0.6) is 0 Å². The van der Waals surface area contributed by atoms with Crippen LogP contribution in [0, 0.1) is 47.4 Å². The lowest BCUT2D eigenvalue weighted by atomic mass is 10.1. The highest BCUT2D eigenvalue weighted by Gasteiger charge is 2.35. The van der Waals surface area contributed by atoms with Gasteiger partial charge in [0, 0.05) is 12.8 Å². The van der Waals surface area contributed by atoms with Crippen LogP contribution >= 0.6 is 0 Å². The molecule has 0 unspecified atom stereocenters. The molecule has 2 nitrogen and oxygen atoms in total. The molecule has 0 aliphatic heterocycles. The second-order valence-electron chi connectivity index (χ2n) is 13.1. The van der Waals surface area contributed by atoms with Crippen molar-refractivity contribution in [2.24, 2.45) is 23.7 Å². The molecule has 2 N–H and O–H groups in total. The summed E-state index contributed by atoms with van der Waals surface area (Å²) in [6.07, 6.45) is 39.7. The summed E-state index contributed by atoms with van der Waals surface area (Å²) < 4.78 is 0. The Bertz CT molecular complexity index is 841. The molecule has 2 rings (SSSR count). The first-order valence-electron chi connectivity index (χ1n) is 18.5. The van der Waals surface area contributed by atoms with Crippen LogP contribution in [-0.2, 0) is 0 Å². The van der Waals surface area contributed by atoms with E-state index in [1.165, 1.54) is 89.9 Å². The summed E-state index contributed by atoms with van der Waals surface area (Å²) in [6.45, 7) is 8.84. The molecule has 0 bridgehead atoms. The topological polar surface area (TPSA) is 40.5 Å². The average Bonchev–Trinajstić information content (AvgIpc) is 3.94. The van der Waals surface area contributed by atoms with Gasteiger partial charge in [0.25, 0.3) is 0 Å². The van der Waals surface area contributed by atoms with Crippen LogP contribution in [0.2, 0.25) is 0 Å². The highest BCUT2D eigenvalue weighted by atomic mass is 16.3. The van der Waals surface area contributed by atoms with Crippen LogP contribution in [-0.4, -0.2) is 22.4 Å². The van der Waals surface area contributed by atoms with Crippen LogP contribution in [0.15, 0.2) is 48.6 Å². The second-order valence-corrected chi connectivity index (χ2v) is 13.1. The minimum absolute atomic E-state index is 0.317. The van der Waals surface area contributed by atoms with Gasteiger partial charge in [-0.2, -0.15) is 0 Å². The van der Waals surface area contributed by atoms with Crippen LogP contribution in [0.25, 0.3) is 0 Å². The molecule has 6 atom stereocenters. The molecule has 0 aromatic heterocycles. The third-order valence-electron chi connectivity index (χ3n) is 8.74. The third kappa shape index (κ3) is 24.3. The fraction of sp³-hybridized carbons (Fsp3) is 0.714. The maximum absolute atomic E-state index is 9.74. The summed E-state index contributed by atoms with van der Waals surface area (Å²) in [5.41, 5.74) is 0. The minimum Gasteiger partial charge on any atom is -0.389 e. The minimum atomic E-state index is -0.317. The van der Waals surface area contributed by atoms with Crippen molar-refractivity contribution in [3.8, 4) is 23.7 Å². The molecule has 0 heterocycles. The molecule has 0 saturated heterocycles. The quantitative estimate of drug-likeness (QED) is 0.0733. The van der Waals surface area contributed by atoms with Gasteiger partial charge < -0.3 is 10.2 Å². The normalized spacial score (nSPS) is 22.0. The van der Waals surface area contributed by atoms with Gasteiger partial charge in [-0.05, 0) is 99.3 Å². The van der Waals surface area contributed by atoms with E-state index in [1.807, 2.05) is 24.3 Å². The molecular formula is C42H68O2. The lowest BCUT2D eigenvalue weighted by Gasteiger charge is -2.02. The first-order chi connectivity index (χ1) is 21.5. The van der Waals surface area contributed by atoms with E-state index in [0.29, 0.717) is 0 Å². The van der Waals surface area contributed by atoms with E-state index in [9.17, 15) is 10.2 Å². The molecule has 2 aliphatic rings. The molecule has 0 aromatic carbocycles. The first kappa shape index (κ1) is 40.0. The molecule has 0 aromatic rings. The van der Waals surface area contributed by atoms with Gasteiger partial charge in [-0.1, -0.05) is 140 Å². The standard InChI is InChI=1S/2C21H34O/c2*1-3-5-7-8-11-14-19-18-20(19)15-12-9-13-17-21(22)16-10-6-4-2/h2*8,11,13,17,19-22H,3-7,10,14-16,18H2,1-2H3/b2*11-8-,17-13+/t19-,20-,21+;19-,20-,21-/m00/s1. The van der Waals surface area contributed by atoms with Crippen molar-refractivity contribution in [1.29, 1.82) is 0 Å². The Balaban J connectivity index is 0.000000440. The van der Waals surface area contributed by atoms with Crippen molar-refractivity contribution in [2.75, 3.05) is 0 Å². The van der Waals surface area contributed by atoms with E-state index in [0.717, 1.165) is 62.2 Å². The molecule has 2 heteroatoms. The van der Waals surface area contributed by atoms with Gasteiger partial charge in [-0.3, -0.25) is 0 Å². The van der Waals surface area contributed by atoms with E-state index in [4.69, 9.17) is 0 Å². The zero-order valence-electron chi connectivity index (χ0n) is 29.1. The monoisotopic (exact) mass is 605 g/mol. The summed E-state index contributed by atoms with van der Waals surface area (Å²) in [6, 6.07) is 0. The van der Waals surface area contributed by atoms with E-state index in [1.54, 1.807) is 0 Å². The van der Waals surface area contributed by atoms with Crippen molar-refractivity contribution in [3.05, 3.63) is 48.6 Å². The Labute approximate surface area is 274 Å². The fourth-order valence-corrected chi connectivity index (χ4v) is 5.34. The van der Waals surface area contributed by atoms with E-state index < -0.39 is 0 Å². The van der Waals surface area contributed by atoms with Crippen LogP contribution in [0.3, 0.4) is 0 Å². The Morgan fingerprint density at radius 1 is 0.545 bits per heavy atom. The second kappa shape index (κ2) is 28.5. The molecule has 248 valence electrons. The molecule has 44 heavy (non-hydrogen) atoms. The predicted molar refractivity (Wildman–Crippen MR) is 193 cm³/mol. The van der Waals surface area contributed by atoms with E-state index in [-0.39, 0.29) is 12.2 Å².